The van der Waals surface area contributed by atoms with Crippen molar-refractivity contribution in [2.75, 3.05) is 12.4 Å². The van der Waals surface area contributed by atoms with Crippen molar-refractivity contribution in [3.63, 3.8) is 0 Å². The topological polar surface area (TPSA) is 41.5 Å². The Kier molecular flexibility index (Phi) is 4.08. The highest BCUT2D eigenvalue weighted by molar-refractivity contribution is 5.50. The summed E-state index contributed by atoms with van der Waals surface area (Å²) in [5.41, 5.74) is 0.309. The second-order valence-electron chi connectivity index (χ2n) is 4.39. The molecule has 0 aromatic heterocycles. The molecule has 5 heteroatoms. The number of halogens is 2. The van der Waals surface area contributed by atoms with Crippen LogP contribution in [0.3, 0.4) is 0 Å². The van der Waals surface area contributed by atoms with Crippen LogP contribution in [0.25, 0.3) is 0 Å². The number of rotatable bonds is 4. The van der Waals surface area contributed by atoms with E-state index >= 15 is 0 Å². The molecule has 20 heavy (non-hydrogen) atoms. The molecule has 0 heterocycles. The third-order valence-corrected chi connectivity index (χ3v) is 3.03. The summed E-state index contributed by atoms with van der Waals surface area (Å²) < 4.78 is 32.1. The molecule has 2 rings (SSSR count). The second-order valence-corrected chi connectivity index (χ2v) is 4.39. The average molecular weight is 279 g/mol. The van der Waals surface area contributed by atoms with Crippen LogP contribution < -0.4 is 10.1 Å². The molecule has 2 N–H and O–H groups in total. The average Bonchev–Trinajstić information content (AvgIpc) is 2.42. The molecule has 1 unspecified atom stereocenters. The highest BCUT2D eigenvalue weighted by Gasteiger charge is 2.15. The van der Waals surface area contributed by atoms with Crippen LogP contribution in [-0.2, 0) is 0 Å². The number of hydrogen-bond donors (Lipinski definition) is 2. The minimum atomic E-state index is -0.676. The van der Waals surface area contributed by atoms with Gasteiger partial charge in [0.25, 0.3) is 0 Å². The van der Waals surface area contributed by atoms with Crippen LogP contribution in [0, 0.1) is 11.6 Å². The van der Waals surface area contributed by atoms with Crippen molar-refractivity contribution in [2.45, 2.75) is 13.0 Å². The summed E-state index contributed by atoms with van der Waals surface area (Å²) in [6.45, 7) is 1.70. The van der Waals surface area contributed by atoms with E-state index in [-0.39, 0.29) is 11.4 Å². The molecule has 0 aliphatic rings. The van der Waals surface area contributed by atoms with Crippen molar-refractivity contribution >= 4 is 5.69 Å². The van der Waals surface area contributed by atoms with Crippen LogP contribution in [0.1, 0.15) is 18.5 Å². The number of nitrogens with one attached hydrogen (secondary N) is 1. The van der Waals surface area contributed by atoms with Gasteiger partial charge < -0.3 is 15.2 Å². The van der Waals surface area contributed by atoms with E-state index in [9.17, 15) is 13.9 Å². The standard InChI is InChI=1S/C15H15F2NO2/c1-9(11-7-6-10(20-2)8-14(11)19)18-15-12(16)4-3-5-13(15)17/h3-9,18-19H,1-2H3. The lowest BCUT2D eigenvalue weighted by Gasteiger charge is -2.18. The molecule has 0 saturated heterocycles. The normalized spacial score (nSPS) is 12.0. The van der Waals surface area contributed by atoms with E-state index in [0.717, 1.165) is 0 Å². The van der Waals surface area contributed by atoms with Crippen molar-refractivity contribution in [1.82, 2.24) is 0 Å². The third kappa shape index (κ3) is 2.82. The van der Waals surface area contributed by atoms with Gasteiger partial charge >= 0.3 is 0 Å². The van der Waals surface area contributed by atoms with Gasteiger partial charge in [-0.05, 0) is 31.2 Å². The number of benzene rings is 2. The van der Waals surface area contributed by atoms with Crippen LogP contribution in [0.2, 0.25) is 0 Å². The zero-order valence-corrected chi connectivity index (χ0v) is 11.2. The monoisotopic (exact) mass is 279 g/mol. The van der Waals surface area contributed by atoms with Crippen molar-refractivity contribution in [3.8, 4) is 11.5 Å². The molecular weight excluding hydrogens is 264 g/mol. The Morgan fingerprint density at radius 3 is 2.35 bits per heavy atom. The number of methoxy groups -OCH3 is 1. The number of para-hydroxylation sites is 1. The first-order valence-corrected chi connectivity index (χ1v) is 6.10. The molecule has 0 spiro atoms. The Balaban J connectivity index is 2.26. The zero-order valence-electron chi connectivity index (χ0n) is 11.2. The quantitative estimate of drug-likeness (QED) is 0.893. The SMILES string of the molecule is COc1ccc(C(C)Nc2c(F)cccc2F)c(O)c1. The first kappa shape index (κ1) is 14.1. The van der Waals surface area contributed by atoms with E-state index in [4.69, 9.17) is 4.74 Å². The predicted molar refractivity (Wildman–Crippen MR) is 73.1 cm³/mol. The van der Waals surface area contributed by atoms with Crippen molar-refractivity contribution in [1.29, 1.82) is 0 Å². The van der Waals surface area contributed by atoms with E-state index in [1.807, 2.05) is 0 Å². The van der Waals surface area contributed by atoms with Crippen molar-refractivity contribution in [2.24, 2.45) is 0 Å². The van der Waals surface area contributed by atoms with Gasteiger partial charge in [-0.15, -0.1) is 0 Å². The summed E-state index contributed by atoms with van der Waals surface area (Å²) in [6.07, 6.45) is 0. The lowest BCUT2D eigenvalue weighted by molar-refractivity contribution is 0.406. The lowest BCUT2D eigenvalue weighted by atomic mass is 10.1. The maximum absolute atomic E-state index is 13.6. The Bertz CT molecular complexity index is 597. The van der Waals surface area contributed by atoms with Crippen molar-refractivity contribution < 1.29 is 18.6 Å². The Hall–Kier alpha value is -2.30. The second kappa shape index (κ2) is 5.77. The number of hydrogen-bond acceptors (Lipinski definition) is 3. The number of aromatic hydroxyl groups is 1. The summed E-state index contributed by atoms with van der Waals surface area (Å²) in [7, 11) is 1.49. The van der Waals surface area contributed by atoms with Crippen LogP contribution >= 0.6 is 0 Å². The van der Waals surface area contributed by atoms with E-state index < -0.39 is 17.7 Å². The highest BCUT2D eigenvalue weighted by Crippen LogP contribution is 2.31. The molecule has 0 amide bonds. The van der Waals surface area contributed by atoms with Gasteiger partial charge in [-0.3, -0.25) is 0 Å². The molecule has 1 atom stereocenters. The molecular formula is C15H15F2NO2. The Labute approximate surface area is 115 Å². The third-order valence-electron chi connectivity index (χ3n) is 3.03. The lowest BCUT2D eigenvalue weighted by Crippen LogP contribution is -2.09. The fourth-order valence-electron chi connectivity index (χ4n) is 1.95. The molecule has 0 saturated carbocycles. The van der Waals surface area contributed by atoms with Gasteiger partial charge in [0.05, 0.1) is 13.2 Å². The molecule has 2 aromatic carbocycles. The zero-order chi connectivity index (χ0) is 14.7. The summed E-state index contributed by atoms with van der Waals surface area (Å²) in [5.74, 6) is -0.841. The minimum Gasteiger partial charge on any atom is -0.507 e. The smallest absolute Gasteiger partial charge is 0.149 e. The first-order chi connectivity index (χ1) is 9.52. The minimum absolute atomic E-state index is 0.00102. The predicted octanol–water partition coefficient (Wildman–Crippen LogP) is 3.85. The van der Waals surface area contributed by atoms with Gasteiger partial charge in [0.2, 0.25) is 0 Å². The van der Waals surface area contributed by atoms with E-state index in [0.29, 0.717) is 11.3 Å². The molecule has 0 bridgehead atoms. The van der Waals surface area contributed by atoms with Gasteiger partial charge in [-0.2, -0.15) is 0 Å². The van der Waals surface area contributed by atoms with Crippen LogP contribution in [0.5, 0.6) is 11.5 Å². The molecule has 106 valence electrons. The maximum Gasteiger partial charge on any atom is 0.149 e. The maximum atomic E-state index is 13.6. The van der Waals surface area contributed by atoms with Crippen LogP contribution in [0.4, 0.5) is 14.5 Å². The highest BCUT2D eigenvalue weighted by atomic mass is 19.1. The Morgan fingerprint density at radius 2 is 1.80 bits per heavy atom. The van der Waals surface area contributed by atoms with Gasteiger partial charge in [-0.25, -0.2) is 8.78 Å². The molecule has 0 aliphatic carbocycles. The van der Waals surface area contributed by atoms with Gasteiger partial charge in [0, 0.05) is 11.6 Å². The first-order valence-electron chi connectivity index (χ1n) is 6.10. The van der Waals surface area contributed by atoms with E-state index in [1.165, 1.54) is 31.4 Å². The molecule has 2 aromatic rings. The molecule has 0 fully saturated rings. The fraction of sp³-hybridized carbons (Fsp3) is 0.200. The van der Waals surface area contributed by atoms with Crippen LogP contribution in [-0.4, -0.2) is 12.2 Å². The van der Waals surface area contributed by atoms with Gasteiger partial charge in [0.1, 0.15) is 28.8 Å². The fourth-order valence-corrected chi connectivity index (χ4v) is 1.95. The summed E-state index contributed by atoms with van der Waals surface area (Å²) in [4.78, 5) is 0. The number of anilines is 1. The largest absolute Gasteiger partial charge is 0.507 e. The molecule has 0 aliphatic heterocycles. The van der Waals surface area contributed by atoms with Gasteiger partial charge in [0.15, 0.2) is 0 Å². The summed E-state index contributed by atoms with van der Waals surface area (Å²) in [5, 5.41) is 12.6. The van der Waals surface area contributed by atoms with Crippen molar-refractivity contribution in [3.05, 3.63) is 53.6 Å². The molecule has 3 nitrogen and oxygen atoms in total. The molecule has 0 radical (unpaired) electrons. The van der Waals surface area contributed by atoms with E-state index in [2.05, 4.69) is 5.32 Å². The number of phenols is 1. The summed E-state index contributed by atoms with van der Waals surface area (Å²) >= 11 is 0. The van der Waals surface area contributed by atoms with Gasteiger partial charge in [-0.1, -0.05) is 6.07 Å². The Morgan fingerprint density at radius 1 is 1.15 bits per heavy atom. The summed E-state index contributed by atoms with van der Waals surface area (Å²) in [6, 6.07) is 7.94. The van der Waals surface area contributed by atoms with Crippen LogP contribution in [0.15, 0.2) is 36.4 Å². The van der Waals surface area contributed by atoms with E-state index in [1.54, 1.807) is 19.1 Å². The number of ether oxygens (including phenoxy) is 1. The number of phenolic OH excluding ortho intramolecular Hbond substituents is 1.